The van der Waals surface area contributed by atoms with Gasteiger partial charge in [-0.2, -0.15) is 0 Å². The van der Waals surface area contributed by atoms with Crippen LogP contribution in [0.3, 0.4) is 0 Å². The molecule has 1 aliphatic rings. The first kappa shape index (κ1) is 15.5. The standard InChI is InChI=1S/C22H20N2O/c1-15-13-17(16(2)23(15)3)14-20-19-11-7-8-12-21(19)24(22(20)25)18-9-5-4-6-10-18/h4-14H,1-3H3/b20-14+. The molecule has 0 bridgehead atoms. The normalized spacial score (nSPS) is 15.1. The molecule has 1 aliphatic heterocycles. The van der Waals surface area contributed by atoms with Crippen LogP contribution in [0.4, 0.5) is 11.4 Å². The summed E-state index contributed by atoms with van der Waals surface area (Å²) in [7, 11) is 2.05. The van der Waals surface area contributed by atoms with Crippen LogP contribution in [0.5, 0.6) is 0 Å². The molecule has 0 fully saturated rings. The van der Waals surface area contributed by atoms with E-state index in [1.54, 1.807) is 4.90 Å². The molecule has 0 N–H and O–H groups in total. The number of benzene rings is 2. The molecule has 1 amide bonds. The summed E-state index contributed by atoms with van der Waals surface area (Å²) in [5, 5.41) is 0. The van der Waals surface area contributed by atoms with Crippen molar-refractivity contribution in [3.05, 3.63) is 83.2 Å². The Kier molecular flexibility index (Phi) is 3.57. The molecule has 124 valence electrons. The largest absolute Gasteiger partial charge is 0.352 e. The molecule has 0 saturated carbocycles. The van der Waals surface area contributed by atoms with Gasteiger partial charge in [0.2, 0.25) is 0 Å². The van der Waals surface area contributed by atoms with Gasteiger partial charge in [0, 0.05) is 29.7 Å². The Balaban J connectivity index is 1.89. The average molecular weight is 328 g/mol. The Morgan fingerprint density at radius 1 is 0.920 bits per heavy atom. The fraction of sp³-hybridized carbons (Fsp3) is 0.136. The van der Waals surface area contributed by atoms with E-state index in [9.17, 15) is 4.79 Å². The maximum absolute atomic E-state index is 13.2. The lowest BCUT2D eigenvalue weighted by Crippen LogP contribution is -2.20. The fourth-order valence-corrected chi connectivity index (χ4v) is 3.40. The van der Waals surface area contributed by atoms with Crippen molar-refractivity contribution < 1.29 is 4.79 Å². The van der Waals surface area contributed by atoms with Crippen LogP contribution in [0, 0.1) is 13.8 Å². The second-order valence-corrected chi connectivity index (χ2v) is 6.44. The SMILES string of the molecule is Cc1cc(/C=C2/C(=O)N(c3ccccc3)c3ccccc32)c(C)n1C. The number of aromatic nitrogens is 1. The van der Waals surface area contributed by atoms with Gasteiger partial charge >= 0.3 is 0 Å². The predicted octanol–water partition coefficient (Wildman–Crippen LogP) is 4.86. The summed E-state index contributed by atoms with van der Waals surface area (Å²) in [6.45, 7) is 4.16. The van der Waals surface area contributed by atoms with Crippen LogP contribution in [0.2, 0.25) is 0 Å². The lowest BCUT2D eigenvalue weighted by Gasteiger charge is -2.16. The van der Waals surface area contributed by atoms with E-state index in [1.165, 1.54) is 5.69 Å². The number of carbonyl (C=O) groups excluding carboxylic acids is 1. The van der Waals surface area contributed by atoms with E-state index >= 15 is 0 Å². The molecular weight excluding hydrogens is 308 g/mol. The minimum absolute atomic E-state index is 0.0216. The van der Waals surface area contributed by atoms with Crippen LogP contribution >= 0.6 is 0 Å². The molecule has 0 atom stereocenters. The van der Waals surface area contributed by atoms with E-state index in [0.29, 0.717) is 0 Å². The van der Waals surface area contributed by atoms with Gasteiger partial charge in [-0.25, -0.2) is 0 Å². The molecule has 0 aliphatic carbocycles. The van der Waals surface area contributed by atoms with Crippen molar-refractivity contribution in [1.29, 1.82) is 0 Å². The zero-order valence-electron chi connectivity index (χ0n) is 14.7. The molecule has 25 heavy (non-hydrogen) atoms. The Bertz CT molecular complexity index is 996. The highest BCUT2D eigenvalue weighted by Crippen LogP contribution is 2.42. The Morgan fingerprint density at radius 3 is 2.28 bits per heavy atom. The van der Waals surface area contributed by atoms with Gasteiger partial charge in [0.1, 0.15) is 0 Å². The fourth-order valence-electron chi connectivity index (χ4n) is 3.40. The first-order valence-electron chi connectivity index (χ1n) is 8.41. The molecule has 4 rings (SSSR count). The Hall–Kier alpha value is -3.07. The van der Waals surface area contributed by atoms with Crippen molar-refractivity contribution in [2.45, 2.75) is 13.8 Å². The zero-order valence-corrected chi connectivity index (χ0v) is 14.7. The maximum atomic E-state index is 13.2. The number of amides is 1. The van der Waals surface area contributed by atoms with E-state index in [4.69, 9.17) is 0 Å². The number of para-hydroxylation sites is 2. The molecule has 0 radical (unpaired) electrons. The highest BCUT2D eigenvalue weighted by molar-refractivity contribution is 6.38. The van der Waals surface area contributed by atoms with Crippen molar-refractivity contribution in [2.75, 3.05) is 4.90 Å². The van der Waals surface area contributed by atoms with Gasteiger partial charge in [-0.05, 0) is 49.8 Å². The predicted molar refractivity (Wildman–Crippen MR) is 103 cm³/mol. The lowest BCUT2D eigenvalue weighted by atomic mass is 10.0. The minimum atomic E-state index is 0.0216. The summed E-state index contributed by atoms with van der Waals surface area (Å²) in [6, 6.07) is 19.9. The Labute approximate surface area is 147 Å². The third-order valence-electron chi connectivity index (χ3n) is 5.00. The average Bonchev–Trinajstić information content (AvgIpc) is 3.05. The quantitative estimate of drug-likeness (QED) is 0.617. The number of hydrogen-bond donors (Lipinski definition) is 0. The van der Waals surface area contributed by atoms with Crippen molar-refractivity contribution in [1.82, 2.24) is 4.57 Å². The third-order valence-corrected chi connectivity index (χ3v) is 5.00. The zero-order chi connectivity index (χ0) is 17.6. The number of aryl methyl sites for hydroxylation is 1. The molecule has 0 spiro atoms. The monoisotopic (exact) mass is 328 g/mol. The molecule has 3 nitrogen and oxygen atoms in total. The summed E-state index contributed by atoms with van der Waals surface area (Å²) in [5.74, 6) is 0.0216. The number of rotatable bonds is 2. The molecule has 1 aromatic heterocycles. The first-order chi connectivity index (χ1) is 12.1. The topological polar surface area (TPSA) is 25.2 Å². The first-order valence-corrected chi connectivity index (χ1v) is 8.41. The van der Waals surface area contributed by atoms with Crippen molar-refractivity contribution in [2.24, 2.45) is 7.05 Å². The van der Waals surface area contributed by atoms with Gasteiger partial charge in [-0.1, -0.05) is 36.4 Å². The summed E-state index contributed by atoms with van der Waals surface area (Å²) in [6.07, 6.45) is 2.02. The molecule has 0 unspecified atom stereocenters. The molecule has 3 heteroatoms. The van der Waals surface area contributed by atoms with Crippen molar-refractivity contribution in [3.8, 4) is 0 Å². The highest BCUT2D eigenvalue weighted by atomic mass is 16.2. The summed E-state index contributed by atoms with van der Waals surface area (Å²) < 4.78 is 2.15. The van der Waals surface area contributed by atoms with E-state index in [1.807, 2.05) is 67.7 Å². The summed E-state index contributed by atoms with van der Waals surface area (Å²) >= 11 is 0. The second kappa shape index (κ2) is 5.78. The van der Waals surface area contributed by atoms with Crippen LogP contribution < -0.4 is 4.90 Å². The molecule has 2 heterocycles. The van der Waals surface area contributed by atoms with Crippen LogP contribution in [-0.4, -0.2) is 10.5 Å². The number of carbonyl (C=O) groups is 1. The van der Waals surface area contributed by atoms with Crippen LogP contribution in [0.25, 0.3) is 11.6 Å². The van der Waals surface area contributed by atoms with Crippen LogP contribution in [-0.2, 0) is 11.8 Å². The van der Waals surface area contributed by atoms with Gasteiger partial charge < -0.3 is 4.57 Å². The van der Waals surface area contributed by atoms with E-state index in [0.717, 1.165) is 33.8 Å². The molecule has 3 aromatic rings. The number of anilines is 2. The smallest absolute Gasteiger partial charge is 0.263 e. The minimum Gasteiger partial charge on any atom is -0.352 e. The number of fused-ring (bicyclic) bond motifs is 1. The van der Waals surface area contributed by atoms with Gasteiger partial charge in [-0.15, -0.1) is 0 Å². The Morgan fingerprint density at radius 2 is 1.60 bits per heavy atom. The maximum Gasteiger partial charge on any atom is 0.263 e. The lowest BCUT2D eigenvalue weighted by molar-refractivity contribution is -0.112. The molecule has 0 saturated heterocycles. The van der Waals surface area contributed by atoms with E-state index in [2.05, 4.69) is 24.5 Å². The molecular formula is C22H20N2O. The highest BCUT2D eigenvalue weighted by Gasteiger charge is 2.33. The molecule has 2 aromatic carbocycles. The number of nitrogens with zero attached hydrogens (tertiary/aromatic N) is 2. The van der Waals surface area contributed by atoms with Gasteiger partial charge in [0.05, 0.1) is 11.3 Å². The summed E-state index contributed by atoms with van der Waals surface area (Å²) in [5.41, 5.74) is 6.99. The number of hydrogen-bond acceptors (Lipinski definition) is 1. The van der Waals surface area contributed by atoms with E-state index < -0.39 is 0 Å². The van der Waals surface area contributed by atoms with Crippen LogP contribution in [0.15, 0.2) is 60.7 Å². The van der Waals surface area contributed by atoms with Gasteiger partial charge in [-0.3, -0.25) is 9.69 Å². The van der Waals surface area contributed by atoms with Crippen molar-refractivity contribution in [3.63, 3.8) is 0 Å². The third kappa shape index (κ3) is 2.40. The van der Waals surface area contributed by atoms with Gasteiger partial charge in [0.15, 0.2) is 0 Å². The second-order valence-electron chi connectivity index (χ2n) is 6.44. The van der Waals surface area contributed by atoms with Gasteiger partial charge in [0.25, 0.3) is 5.91 Å². The van der Waals surface area contributed by atoms with Crippen LogP contribution in [0.1, 0.15) is 22.5 Å². The van der Waals surface area contributed by atoms with Crippen molar-refractivity contribution >= 4 is 28.9 Å². The summed E-state index contributed by atoms with van der Waals surface area (Å²) in [4.78, 5) is 15.0. The van der Waals surface area contributed by atoms with E-state index in [-0.39, 0.29) is 5.91 Å².